The molecule has 0 unspecified atom stereocenters. The van der Waals surface area contributed by atoms with E-state index in [1.165, 1.54) is 0 Å². The first-order valence-electron chi connectivity index (χ1n) is 7.27. The Morgan fingerprint density at radius 2 is 2.15 bits per heavy atom. The lowest BCUT2D eigenvalue weighted by atomic mass is 9.76. The number of hydrogen-bond donors (Lipinski definition) is 1. The summed E-state index contributed by atoms with van der Waals surface area (Å²) in [6.45, 7) is 2.10. The number of fused-ring (bicyclic) bond motifs is 1. The molecule has 1 aliphatic carbocycles. The largest absolute Gasteiger partial charge is 0.360 e. The molecular formula is C17H18N2O. The molecule has 1 heterocycles. The zero-order valence-corrected chi connectivity index (χ0v) is 11.7. The third kappa shape index (κ3) is 1.76. The van der Waals surface area contributed by atoms with Crippen LogP contribution < -0.4 is 0 Å². The minimum absolute atomic E-state index is 0.211. The maximum absolute atomic E-state index is 13.0. The molecule has 1 aromatic carbocycles. The van der Waals surface area contributed by atoms with Gasteiger partial charge in [-0.3, -0.25) is 4.79 Å². The molecule has 2 aromatic rings. The molecule has 0 amide bonds. The lowest BCUT2D eigenvalue weighted by molar-refractivity contribution is 0.0793. The molecule has 0 aliphatic heterocycles. The molecule has 1 N–H and O–H groups in total. The summed E-state index contributed by atoms with van der Waals surface area (Å²) >= 11 is 0. The summed E-state index contributed by atoms with van der Waals surface area (Å²) in [6, 6.07) is 7.74. The fourth-order valence-electron chi connectivity index (χ4n) is 3.54. The standard InChI is InChI=1S/C17H18N2O/c1-2-17(8-3-4-9-17)16(20)13-11-19-14-7-5-6-12(10-18)15(13)14/h5-7,11,19H,2-4,8-9H2,1H3. The minimum Gasteiger partial charge on any atom is -0.360 e. The lowest BCUT2D eigenvalue weighted by Crippen LogP contribution is -2.27. The van der Waals surface area contributed by atoms with Gasteiger partial charge in [0.25, 0.3) is 0 Å². The van der Waals surface area contributed by atoms with Gasteiger partial charge in [-0.05, 0) is 31.4 Å². The van der Waals surface area contributed by atoms with E-state index in [1.807, 2.05) is 12.1 Å². The molecule has 102 valence electrons. The van der Waals surface area contributed by atoms with Crippen LogP contribution in [0.5, 0.6) is 0 Å². The number of aromatic nitrogens is 1. The van der Waals surface area contributed by atoms with Gasteiger partial charge in [-0.1, -0.05) is 25.8 Å². The number of Topliss-reactive ketones (excluding diaryl/α,β-unsaturated/α-hetero) is 1. The number of H-pyrrole nitrogens is 1. The van der Waals surface area contributed by atoms with E-state index < -0.39 is 0 Å². The first-order chi connectivity index (χ1) is 9.72. The smallest absolute Gasteiger partial charge is 0.171 e. The van der Waals surface area contributed by atoms with Gasteiger partial charge in [-0.15, -0.1) is 0 Å². The van der Waals surface area contributed by atoms with E-state index in [9.17, 15) is 10.1 Å². The first kappa shape index (κ1) is 12.9. The highest BCUT2D eigenvalue weighted by Crippen LogP contribution is 2.44. The van der Waals surface area contributed by atoms with E-state index in [-0.39, 0.29) is 11.2 Å². The average Bonchev–Trinajstić information content (AvgIpc) is 3.13. The molecule has 0 bridgehead atoms. The Morgan fingerprint density at radius 3 is 2.80 bits per heavy atom. The Morgan fingerprint density at radius 1 is 1.40 bits per heavy atom. The van der Waals surface area contributed by atoms with E-state index in [1.54, 1.807) is 12.3 Å². The Bertz CT molecular complexity index is 699. The third-order valence-corrected chi connectivity index (χ3v) is 4.79. The van der Waals surface area contributed by atoms with Gasteiger partial charge in [0.2, 0.25) is 0 Å². The Balaban J connectivity index is 2.15. The number of ketones is 1. The normalized spacial score (nSPS) is 17.2. The molecule has 1 aliphatic rings. The van der Waals surface area contributed by atoms with Crippen LogP contribution in [0.15, 0.2) is 24.4 Å². The van der Waals surface area contributed by atoms with E-state index in [2.05, 4.69) is 18.0 Å². The third-order valence-electron chi connectivity index (χ3n) is 4.79. The summed E-state index contributed by atoms with van der Waals surface area (Å²) in [7, 11) is 0. The number of rotatable bonds is 3. The van der Waals surface area contributed by atoms with Crippen molar-refractivity contribution in [3.63, 3.8) is 0 Å². The molecule has 0 radical (unpaired) electrons. The van der Waals surface area contributed by atoms with Crippen LogP contribution in [0.25, 0.3) is 10.9 Å². The van der Waals surface area contributed by atoms with Gasteiger partial charge >= 0.3 is 0 Å². The Labute approximate surface area is 118 Å². The maximum atomic E-state index is 13.0. The second-order valence-electron chi connectivity index (χ2n) is 5.71. The molecule has 0 saturated heterocycles. The van der Waals surface area contributed by atoms with Gasteiger partial charge in [0, 0.05) is 28.1 Å². The fraction of sp³-hybridized carbons (Fsp3) is 0.412. The maximum Gasteiger partial charge on any atom is 0.171 e. The van der Waals surface area contributed by atoms with Crippen LogP contribution in [0.2, 0.25) is 0 Å². The van der Waals surface area contributed by atoms with Crippen LogP contribution in [-0.4, -0.2) is 10.8 Å². The van der Waals surface area contributed by atoms with Gasteiger partial charge in [0.05, 0.1) is 11.6 Å². The molecule has 3 nitrogen and oxygen atoms in total. The number of nitrogens with one attached hydrogen (secondary N) is 1. The van der Waals surface area contributed by atoms with Crippen LogP contribution >= 0.6 is 0 Å². The predicted octanol–water partition coefficient (Wildman–Crippen LogP) is 4.19. The highest BCUT2D eigenvalue weighted by Gasteiger charge is 2.40. The summed E-state index contributed by atoms with van der Waals surface area (Å²) in [5, 5.41) is 10.1. The highest BCUT2D eigenvalue weighted by molar-refractivity contribution is 6.12. The monoisotopic (exact) mass is 266 g/mol. The van der Waals surface area contributed by atoms with Crippen molar-refractivity contribution in [2.24, 2.45) is 5.41 Å². The summed E-state index contributed by atoms with van der Waals surface area (Å²) in [5.74, 6) is 0.214. The van der Waals surface area contributed by atoms with Crippen molar-refractivity contribution in [3.05, 3.63) is 35.5 Å². The number of benzene rings is 1. The number of carbonyl (C=O) groups excluding carboxylic acids is 1. The summed E-state index contributed by atoms with van der Waals surface area (Å²) in [6.07, 6.45) is 6.88. The number of carbonyl (C=O) groups is 1. The molecule has 20 heavy (non-hydrogen) atoms. The van der Waals surface area contributed by atoms with Crippen LogP contribution in [0.1, 0.15) is 54.9 Å². The van der Waals surface area contributed by atoms with E-state index >= 15 is 0 Å². The molecule has 1 aromatic heterocycles. The van der Waals surface area contributed by atoms with Crippen molar-refractivity contribution < 1.29 is 4.79 Å². The quantitative estimate of drug-likeness (QED) is 0.847. The molecule has 0 atom stereocenters. The van der Waals surface area contributed by atoms with Crippen molar-refractivity contribution in [1.82, 2.24) is 4.98 Å². The van der Waals surface area contributed by atoms with Gasteiger partial charge in [0.1, 0.15) is 0 Å². The zero-order chi connectivity index (χ0) is 14.2. The number of aromatic amines is 1. The van der Waals surface area contributed by atoms with Crippen molar-refractivity contribution in [1.29, 1.82) is 5.26 Å². The van der Waals surface area contributed by atoms with Crippen molar-refractivity contribution in [3.8, 4) is 6.07 Å². The topological polar surface area (TPSA) is 56.6 Å². The second-order valence-corrected chi connectivity index (χ2v) is 5.71. The second kappa shape index (κ2) is 4.79. The van der Waals surface area contributed by atoms with Crippen molar-refractivity contribution >= 4 is 16.7 Å². The lowest BCUT2D eigenvalue weighted by Gasteiger charge is -2.25. The van der Waals surface area contributed by atoms with Crippen LogP contribution in [0, 0.1) is 16.7 Å². The van der Waals surface area contributed by atoms with E-state index in [0.29, 0.717) is 11.1 Å². The van der Waals surface area contributed by atoms with Crippen LogP contribution in [0.4, 0.5) is 0 Å². The van der Waals surface area contributed by atoms with Crippen LogP contribution in [0.3, 0.4) is 0 Å². The summed E-state index contributed by atoms with van der Waals surface area (Å²) in [4.78, 5) is 16.2. The molecular weight excluding hydrogens is 248 g/mol. The van der Waals surface area contributed by atoms with Gasteiger partial charge < -0.3 is 4.98 Å². The van der Waals surface area contributed by atoms with Crippen molar-refractivity contribution in [2.75, 3.05) is 0 Å². The Kier molecular flexibility index (Phi) is 3.10. The number of nitrogens with zero attached hydrogens (tertiary/aromatic N) is 1. The van der Waals surface area contributed by atoms with E-state index in [4.69, 9.17) is 0 Å². The molecule has 3 heteroatoms. The fourth-order valence-corrected chi connectivity index (χ4v) is 3.54. The number of nitriles is 1. The van der Waals surface area contributed by atoms with Crippen LogP contribution in [-0.2, 0) is 0 Å². The molecule has 0 spiro atoms. The summed E-state index contributed by atoms with van der Waals surface area (Å²) in [5.41, 5.74) is 1.94. The van der Waals surface area contributed by atoms with Gasteiger partial charge in [-0.25, -0.2) is 0 Å². The van der Waals surface area contributed by atoms with Crippen molar-refractivity contribution in [2.45, 2.75) is 39.0 Å². The SMILES string of the molecule is CCC1(C(=O)c2c[nH]c3cccc(C#N)c23)CCCC1. The molecule has 3 rings (SSSR count). The molecule has 1 fully saturated rings. The van der Waals surface area contributed by atoms with E-state index in [0.717, 1.165) is 43.0 Å². The Hall–Kier alpha value is -2.08. The number of hydrogen-bond acceptors (Lipinski definition) is 2. The molecule has 1 saturated carbocycles. The van der Waals surface area contributed by atoms with Gasteiger partial charge in [0.15, 0.2) is 5.78 Å². The summed E-state index contributed by atoms with van der Waals surface area (Å²) < 4.78 is 0. The first-order valence-corrected chi connectivity index (χ1v) is 7.27. The van der Waals surface area contributed by atoms with Gasteiger partial charge in [-0.2, -0.15) is 5.26 Å². The highest BCUT2D eigenvalue weighted by atomic mass is 16.1. The zero-order valence-electron chi connectivity index (χ0n) is 11.7. The predicted molar refractivity (Wildman–Crippen MR) is 78.5 cm³/mol. The average molecular weight is 266 g/mol. The minimum atomic E-state index is -0.211.